The molecular weight excluding hydrogens is 286 g/mol. The average Bonchev–Trinajstić information content (AvgIpc) is 2.89. The summed E-state index contributed by atoms with van der Waals surface area (Å²) in [7, 11) is 0. The van der Waals surface area contributed by atoms with E-state index in [0.29, 0.717) is 5.92 Å². The number of aromatic nitrogens is 2. The highest BCUT2D eigenvalue weighted by Gasteiger charge is 2.11. The van der Waals surface area contributed by atoms with E-state index in [-0.39, 0.29) is 6.61 Å². The fourth-order valence-electron chi connectivity index (χ4n) is 3.16. The normalized spacial score (nSPS) is 11.4. The lowest BCUT2D eigenvalue weighted by Gasteiger charge is -2.17. The number of rotatable bonds is 7. The summed E-state index contributed by atoms with van der Waals surface area (Å²) in [5.41, 5.74) is 7.20. The van der Waals surface area contributed by atoms with Crippen molar-refractivity contribution in [1.29, 1.82) is 0 Å². The molecule has 1 heterocycles. The van der Waals surface area contributed by atoms with Gasteiger partial charge in [-0.05, 0) is 54.5 Å². The Hall–Kier alpha value is -1.65. The van der Waals surface area contributed by atoms with Gasteiger partial charge >= 0.3 is 0 Å². The molecule has 0 radical (unpaired) electrons. The van der Waals surface area contributed by atoms with Gasteiger partial charge in [-0.2, -0.15) is 0 Å². The van der Waals surface area contributed by atoms with Gasteiger partial charge < -0.3 is 15.0 Å². The van der Waals surface area contributed by atoms with E-state index in [1.165, 1.54) is 27.9 Å². The molecule has 0 bridgehead atoms. The molecule has 0 saturated heterocycles. The molecule has 4 heteroatoms. The van der Waals surface area contributed by atoms with Crippen LogP contribution in [-0.4, -0.2) is 14.7 Å². The molecule has 1 aromatic carbocycles. The van der Waals surface area contributed by atoms with Crippen molar-refractivity contribution >= 4 is 0 Å². The van der Waals surface area contributed by atoms with E-state index in [2.05, 4.69) is 55.6 Å². The van der Waals surface area contributed by atoms with Gasteiger partial charge in [-0.3, -0.25) is 0 Å². The fraction of sp³-hybridized carbons (Fsp3) is 0.526. The minimum absolute atomic E-state index is 0.103. The van der Waals surface area contributed by atoms with E-state index in [4.69, 9.17) is 0 Å². The van der Waals surface area contributed by atoms with Crippen molar-refractivity contribution < 1.29 is 5.11 Å². The number of nitrogens with one attached hydrogen (secondary N) is 1. The van der Waals surface area contributed by atoms with Crippen LogP contribution < -0.4 is 5.32 Å². The number of aryl methyl sites for hydroxylation is 2. The van der Waals surface area contributed by atoms with Crippen LogP contribution in [0.1, 0.15) is 47.4 Å². The highest BCUT2D eigenvalue weighted by atomic mass is 16.3. The summed E-state index contributed by atoms with van der Waals surface area (Å²) in [5, 5.41) is 13.1. The van der Waals surface area contributed by atoms with Gasteiger partial charge in [0.05, 0.1) is 18.6 Å². The summed E-state index contributed by atoms with van der Waals surface area (Å²) in [6.07, 6.45) is 3.84. The standard InChI is InChI=1S/C19H29N3O/c1-13(2)10-22-12-21-8-17(22)7-20-9-18-14(3)6-15(4)19(11-23)16(18)5/h6,8,12-13,20,23H,7,9-11H2,1-5H3. The molecule has 23 heavy (non-hydrogen) atoms. The third kappa shape index (κ3) is 4.21. The summed E-state index contributed by atoms with van der Waals surface area (Å²) in [6, 6.07) is 2.17. The Kier molecular flexibility index (Phi) is 5.97. The topological polar surface area (TPSA) is 50.1 Å². The molecule has 2 aromatic rings. The third-order valence-electron chi connectivity index (χ3n) is 4.42. The van der Waals surface area contributed by atoms with E-state index in [0.717, 1.165) is 25.2 Å². The highest BCUT2D eigenvalue weighted by molar-refractivity contribution is 5.44. The van der Waals surface area contributed by atoms with Crippen molar-refractivity contribution in [3.63, 3.8) is 0 Å². The van der Waals surface area contributed by atoms with Crippen molar-refractivity contribution in [1.82, 2.24) is 14.9 Å². The highest BCUT2D eigenvalue weighted by Crippen LogP contribution is 2.22. The molecular formula is C19H29N3O. The molecule has 0 fully saturated rings. The molecule has 0 aliphatic heterocycles. The predicted molar refractivity (Wildman–Crippen MR) is 94.2 cm³/mol. The quantitative estimate of drug-likeness (QED) is 0.824. The lowest BCUT2D eigenvalue weighted by atomic mass is 9.94. The van der Waals surface area contributed by atoms with Gasteiger partial charge in [0, 0.05) is 25.8 Å². The summed E-state index contributed by atoms with van der Waals surface area (Å²) < 4.78 is 2.21. The Bertz CT molecular complexity index is 659. The molecule has 0 spiro atoms. The van der Waals surface area contributed by atoms with Crippen molar-refractivity contribution in [3.05, 3.63) is 52.1 Å². The van der Waals surface area contributed by atoms with Crippen LogP contribution in [0.4, 0.5) is 0 Å². The maximum Gasteiger partial charge on any atom is 0.0948 e. The van der Waals surface area contributed by atoms with Crippen LogP contribution in [0.25, 0.3) is 0 Å². The zero-order valence-corrected chi connectivity index (χ0v) is 15.0. The first kappa shape index (κ1) is 17.7. The summed E-state index contributed by atoms with van der Waals surface area (Å²) >= 11 is 0. The van der Waals surface area contributed by atoms with Crippen molar-refractivity contribution in [3.8, 4) is 0 Å². The SMILES string of the molecule is Cc1cc(C)c(CNCc2cncn2CC(C)C)c(C)c1CO. The molecule has 0 aliphatic rings. The lowest BCUT2D eigenvalue weighted by molar-refractivity contribution is 0.280. The van der Waals surface area contributed by atoms with Gasteiger partial charge in [0.2, 0.25) is 0 Å². The Morgan fingerprint density at radius 3 is 2.48 bits per heavy atom. The molecule has 4 nitrogen and oxygen atoms in total. The maximum absolute atomic E-state index is 9.58. The molecule has 0 unspecified atom stereocenters. The average molecular weight is 315 g/mol. The number of nitrogens with zero attached hydrogens (tertiary/aromatic N) is 2. The second-order valence-corrected chi connectivity index (χ2v) is 6.79. The van der Waals surface area contributed by atoms with Gasteiger partial charge in [0.25, 0.3) is 0 Å². The van der Waals surface area contributed by atoms with Gasteiger partial charge in [0.1, 0.15) is 0 Å². The van der Waals surface area contributed by atoms with Crippen molar-refractivity contribution in [2.45, 2.75) is 60.9 Å². The Labute approximate surface area is 139 Å². The number of hydrogen-bond donors (Lipinski definition) is 2. The molecule has 0 amide bonds. The van der Waals surface area contributed by atoms with Gasteiger partial charge in [0.15, 0.2) is 0 Å². The smallest absolute Gasteiger partial charge is 0.0948 e. The van der Waals surface area contributed by atoms with Crippen LogP contribution in [0.5, 0.6) is 0 Å². The van der Waals surface area contributed by atoms with Crippen LogP contribution in [-0.2, 0) is 26.2 Å². The number of benzene rings is 1. The number of imidazole rings is 1. The summed E-state index contributed by atoms with van der Waals surface area (Å²) in [5.74, 6) is 0.608. The molecule has 2 rings (SSSR count). The first-order valence-electron chi connectivity index (χ1n) is 8.33. The molecule has 2 N–H and O–H groups in total. The van der Waals surface area contributed by atoms with Gasteiger partial charge in [-0.25, -0.2) is 4.98 Å². The molecule has 1 aromatic heterocycles. The van der Waals surface area contributed by atoms with Gasteiger partial charge in [-0.15, -0.1) is 0 Å². The molecule has 0 saturated carbocycles. The van der Waals surface area contributed by atoms with E-state index >= 15 is 0 Å². The molecule has 126 valence electrons. The minimum atomic E-state index is 0.103. The van der Waals surface area contributed by atoms with Crippen LogP contribution >= 0.6 is 0 Å². The van der Waals surface area contributed by atoms with E-state index < -0.39 is 0 Å². The van der Waals surface area contributed by atoms with E-state index in [9.17, 15) is 5.11 Å². The Morgan fingerprint density at radius 2 is 1.83 bits per heavy atom. The van der Waals surface area contributed by atoms with Crippen LogP contribution in [0.2, 0.25) is 0 Å². The fourth-order valence-corrected chi connectivity index (χ4v) is 3.16. The molecule has 0 atom stereocenters. The number of aliphatic hydroxyl groups is 1. The zero-order valence-electron chi connectivity index (χ0n) is 15.0. The first-order valence-corrected chi connectivity index (χ1v) is 8.33. The minimum Gasteiger partial charge on any atom is -0.392 e. The molecule has 0 aliphatic carbocycles. The van der Waals surface area contributed by atoms with Crippen molar-refractivity contribution in [2.24, 2.45) is 5.92 Å². The summed E-state index contributed by atoms with van der Waals surface area (Å²) in [6.45, 7) is 13.4. The zero-order chi connectivity index (χ0) is 17.0. The van der Waals surface area contributed by atoms with E-state index in [1.54, 1.807) is 0 Å². The Balaban J connectivity index is 2.06. The largest absolute Gasteiger partial charge is 0.392 e. The maximum atomic E-state index is 9.58. The first-order chi connectivity index (χ1) is 10.9. The van der Waals surface area contributed by atoms with Gasteiger partial charge in [-0.1, -0.05) is 19.9 Å². The predicted octanol–water partition coefficient (Wildman–Crippen LogP) is 3.25. The second kappa shape index (κ2) is 7.75. The van der Waals surface area contributed by atoms with Crippen LogP contribution in [0.15, 0.2) is 18.6 Å². The van der Waals surface area contributed by atoms with E-state index in [1.807, 2.05) is 12.5 Å². The van der Waals surface area contributed by atoms with Crippen LogP contribution in [0.3, 0.4) is 0 Å². The number of aliphatic hydroxyl groups excluding tert-OH is 1. The number of hydrogen-bond acceptors (Lipinski definition) is 3. The summed E-state index contributed by atoms with van der Waals surface area (Å²) in [4.78, 5) is 4.26. The van der Waals surface area contributed by atoms with Crippen LogP contribution in [0, 0.1) is 26.7 Å². The van der Waals surface area contributed by atoms with Crippen molar-refractivity contribution in [2.75, 3.05) is 0 Å². The Morgan fingerprint density at radius 1 is 1.13 bits per heavy atom. The third-order valence-corrected chi connectivity index (χ3v) is 4.42. The lowest BCUT2D eigenvalue weighted by Crippen LogP contribution is -2.18. The monoisotopic (exact) mass is 315 g/mol. The second-order valence-electron chi connectivity index (χ2n) is 6.79.